The van der Waals surface area contributed by atoms with Crippen LogP contribution in [0, 0.1) is 0 Å². The Balaban J connectivity index is 2.10. The smallest absolute Gasteiger partial charge is 0.231 e. The lowest BCUT2D eigenvalue weighted by Gasteiger charge is -2.25. The van der Waals surface area contributed by atoms with Crippen molar-refractivity contribution < 1.29 is 17.9 Å². The van der Waals surface area contributed by atoms with Crippen molar-refractivity contribution in [3.8, 4) is 11.5 Å². The van der Waals surface area contributed by atoms with Gasteiger partial charge in [-0.1, -0.05) is 6.42 Å². The number of hydrogen-bond donors (Lipinski definition) is 1. The highest BCUT2D eigenvalue weighted by molar-refractivity contribution is 7.90. The normalized spacial score (nSPS) is 22.5. The van der Waals surface area contributed by atoms with Crippen molar-refractivity contribution in [1.29, 1.82) is 0 Å². The third-order valence-corrected chi connectivity index (χ3v) is 4.74. The predicted molar refractivity (Wildman–Crippen MR) is 70.3 cm³/mol. The van der Waals surface area contributed by atoms with Crippen LogP contribution < -0.4 is 14.8 Å². The zero-order chi connectivity index (χ0) is 13.5. The van der Waals surface area contributed by atoms with Crippen LogP contribution in [0.25, 0.3) is 0 Å². The number of nitrogens with one attached hydrogen (secondary N) is 1. The molecule has 3 rings (SSSR count). The van der Waals surface area contributed by atoms with Crippen LogP contribution in [0.1, 0.15) is 30.9 Å². The first-order valence-corrected chi connectivity index (χ1v) is 8.32. The van der Waals surface area contributed by atoms with Gasteiger partial charge in [-0.05, 0) is 31.0 Å². The SMILES string of the molecule is CS(=O)(=O)c1cc2c(cc1C1CCCCN1)OCO2. The molecule has 6 heteroatoms. The highest BCUT2D eigenvalue weighted by Crippen LogP contribution is 2.40. The van der Waals surface area contributed by atoms with Gasteiger partial charge in [0, 0.05) is 18.4 Å². The minimum Gasteiger partial charge on any atom is -0.454 e. The van der Waals surface area contributed by atoms with E-state index in [1.54, 1.807) is 6.07 Å². The van der Waals surface area contributed by atoms with Gasteiger partial charge in [0.15, 0.2) is 21.3 Å². The van der Waals surface area contributed by atoms with Crippen molar-refractivity contribution in [1.82, 2.24) is 5.32 Å². The second-order valence-corrected chi connectivity index (χ2v) is 7.00. The van der Waals surface area contributed by atoms with Crippen LogP contribution in [0.2, 0.25) is 0 Å². The molecule has 1 aromatic carbocycles. The average Bonchev–Trinajstić information content (AvgIpc) is 2.84. The fraction of sp³-hybridized carbons (Fsp3) is 0.538. The van der Waals surface area contributed by atoms with E-state index in [1.807, 2.05) is 6.07 Å². The van der Waals surface area contributed by atoms with Gasteiger partial charge in [0.1, 0.15) is 0 Å². The number of benzene rings is 1. The van der Waals surface area contributed by atoms with Crippen molar-refractivity contribution in [2.45, 2.75) is 30.2 Å². The summed E-state index contributed by atoms with van der Waals surface area (Å²) in [6.45, 7) is 1.07. The van der Waals surface area contributed by atoms with Gasteiger partial charge in [-0.3, -0.25) is 0 Å². The summed E-state index contributed by atoms with van der Waals surface area (Å²) in [6, 6.07) is 3.47. The number of ether oxygens (including phenoxy) is 2. The largest absolute Gasteiger partial charge is 0.454 e. The number of hydrogen-bond acceptors (Lipinski definition) is 5. The summed E-state index contributed by atoms with van der Waals surface area (Å²) in [6.07, 6.45) is 4.42. The van der Waals surface area contributed by atoms with Crippen LogP contribution >= 0.6 is 0 Å². The van der Waals surface area contributed by atoms with Gasteiger partial charge >= 0.3 is 0 Å². The number of sulfone groups is 1. The van der Waals surface area contributed by atoms with Crippen LogP contribution in [0.15, 0.2) is 17.0 Å². The van der Waals surface area contributed by atoms with E-state index in [-0.39, 0.29) is 12.8 Å². The Bertz CT molecular complexity index is 591. The van der Waals surface area contributed by atoms with E-state index in [2.05, 4.69) is 5.32 Å². The maximum absolute atomic E-state index is 12.0. The number of piperidine rings is 1. The molecule has 0 spiro atoms. The molecular weight excluding hydrogens is 266 g/mol. The van der Waals surface area contributed by atoms with Gasteiger partial charge in [0.25, 0.3) is 0 Å². The summed E-state index contributed by atoms with van der Waals surface area (Å²) in [4.78, 5) is 0.344. The van der Waals surface area contributed by atoms with E-state index in [0.29, 0.717) is 16.4 Å². The van der Waals surface area contributed by atoms with Crippen LogP contribution in [-0.2, 0) is 9.84 Å². The van der Waals surface area contributed by atoms with E-state index in [9.17, 15) is 8.42 Å². The molecule has 19 heavy (non-hydrogen) atoms. The summed E-state index contributed by atoms with van der Waals surface area (Å²) in [5.74, 6) is 1.15. The summed E-state index contributed by atoms with van der Waals surface area (Å²) >= 11 is 0. The van der Waals surface area contributed by atoms with E-state index in [0.717, 1.165) is 31.4 Å². The first-order chi connectivity index (χ1) is 9.05. The van der Waals surface area contributed by atoms with E-state index in [4.69, 9.17) is 9.47 Å². The highest BCUT2D eigenvalue weighted by atomic mass is 32.2. The molecular formula is C13H17NO4S. The predicted octanol–water partition coefficient (Wildman–Crippen LogP) is 1.63. The molecule has 0 amide bonds. The quantitative estimate of drug-likeness (QED) is 0.893. The third kappa shape index (κ3) is 2.42. The molecule has 1 fully saturated rings. The van der Waals surface area contributed by atoms with E-state index >= 15 is 0 Å². The van der Waals surface area contributed by atoms with Gasteiger partial charge < -0.3 is 14.8 Å². The van der Waals surface area contributed by atoms with Crippen molar-refractivity contribution in [2.24, 2.45) is 0 Å². The first kappa shape index (κ1) is 12.7. The van der Waals surface area contributed by atoms with Crippen LogP contribution in [0.5, 0.6) is 11.5 Å². The van der Waals surface area contributed by atoms with Crippen LogP contribution in [0.4, 0.5) is 0 Å². The Morgan fingerprint density at radius 2 is 1.95 bits per heavy atom. The Labute approximate surface area is 112 Å². The minimum atomic E-state index is -3.28. The van der Waals surface area contributed by atoms with Gasteiger partial charge in [-0.2, -0.15) is 0 Å². The fourth-order valence-corrected chi connectivity index (χ4v) is 3.60. The van der Waals surface area contributed by atoms with Crippen LogP contribution in [-0.4, -0.2) is 28.0 Å². The van der Waals surface area contributed by atoms with Gasteiger partial charge in [0.05, 0.1) is 4.90 Å². The molecule has 0 aromatic heterocycles. The average molecular weight is 283 g/mol. The summed E-state index contributed by atoms with van der Waals surface area (Å²) < 4.78 is 34.6. The topological polar surface area (TPSA) is 64.6 Å². The Kier molecular flexibility index (Phi) is 3.14. The molecule has 1 atom stereocenters. The van der Waals surface area contributed by atoms with E-state index in [1.165, 1.54) is 6.26 Å². The molecule has 1 N–H and O–H groups in total. The molecule has 1 unspecified atom stereocenters. The third-order valence-electron chi connectivity index (χ3n) is 3.59. The second-order valence-electron chi connectivity index (χ2n) is 5.02. The van der Waals surface area contributed by atoms with Crippen LogP contribution in [0.3, 0.4) is 0 Å². The van der Waals surface area contributed by atoms with Gasteiger partial charge in [0.2, 0.25) is 6.79 Å². The lowest BCUT2D eigenvalue weighted by atomic mass is 9.97. The molecule has 5 nitrogen and oxygen atoms in total. The highest BCUT2D eigenvalue weighted by Gasteiger charge is 2.27. The molecule has 1 aromatic rings. The zero-order valence-corrected chi connectivity index (χ0v) is 11.6. The maximum Gasteiger partial charge on any atom is 0.231 e. The van der Waals surface area contributed by atoms with Gasteiger partial charge in [-0.15, -0.1) is 0 Å². The monoisotopic (exact) mass is 283 g/mol. The van der Waals surface area contributed by atoms with E-state index < -0.39 is 9.84 Å². The molecule has 0 radical (unpaired) electrons. The van der Waals surface area contributed by atoms with Gasteiger partial charge in [-0.25, -0.2) is 8.42 Å². The maximum atomic E-state index is 12.0. The molecule has 2 aliphatic rings. The second kappa shape index (κ2) is 4.68. The van der Waals surface area contributed by atoms with Crippen molar-refractivity contribution in [3.05, 3.63) is 17.7 Å². The molecule has 1 saturated heterocycles. The Morgan fingerprint density at radius 3 is 2.58 bits per heavy atom. The molecule has 2 heterocycles. The minimum absolute atomic E-state index is 0.0768. The molecule has 0 aliphatic carbocycles. The van der Waals surface area contributed by atoms with Crippen molar-refractivity contribution >= 4 is 9.84 Å². The first-order valence-electron chi connectivity index (χ1n) is 6.43. The summed E-state index contributed by atoms with van der Waals surface area (Å²) in [5, 5.41) is 3.38. The molecule has 0 saturated carbocycles. The number of fused-ring (bicyclic) bond motifs is 1. The molecule has 2 aliphatic heterocycles. The Hall–Kier alpha value is -1.27. The summed E-state index contributed by atoms with van der Waals surface area (Å²) in [7, 11) is -3.28. The lowest BCUT2D eigenvalue weighted by molar-refractivity contribution is 0.174. The molecule has 0 bridgehead atoms. The number of rotatable bonds is 2. The summed E-state index contributed by atoms with van der Waals surface area (Å²) in [5.41, 5.74) is 0.798. The molecule has 104 valence electrons. The lowest BCUT2D eigenvalue weighted by Crippen LogP contribution is -2.28. The van der Waals surface area contributed by atoms with Crippen molar-refractivity contribution in [2.75, 3.05) is 19.6 Å². The zero-order valence-electron chi connectivity index (χ0n) is 10.8. The fourth-order valence-electron chi connectivity index (χ4n) is 2.65. The Morgan fingerprint density at radius 1 is 1.21 bits per heavy atom. The van der Waals surface area contributed by atoms with Crippen molar-refractivity contribution in [3.63, 3.8) is 0 Å². The standard InChI is InChI=1S/C13H17NO4S/c1-19(15,16)13-7-12-11(17-8-18-12)6-9(13)10-4-2-3-5-14-10/h6-7,10,14H,2-5,8H2,1H3.